The Morgan fingerprint density at radius 3 is 2.73 bits per heavy atom. The quantitative estimate of drug-likeness (QED) is 0.755. The van der Waals surface area contributed by atoms with E-state index in [9.17, 15) is 0 Å². The highest BCUT2D eigenvalue weighted by Crippen LogP contribution is 2.25. The molecular formula is C12H24N2O. The Bertz CT molecular complexity index is 174. The van der Waals surface area contributed by atoms with E-state index in [4.69, 9.17) is 4.74 Å². The minimum atomic E-state index is 0.408. The smallest absolute Gasteiger partial charge is 0.0826 e. The number of nitrogens with zero attached hydrogens (tertiary/aromatic N) is 1. The van der Waals surface area contributed by atoms with Gasteiger partial charge in [0.2, 0.25) is 0 Å². The van der Waals surface area contributed by atoms with Gasteiger partial charge in [-0.1, -0.05) is 12.8 Å². The predicted molar refractivity (Wildman–Crippen MR) is 62.1 cm³/mol. The second-order valence-corrected chi connectivity index (χ2v) is 5.07. The predicted octanol–water partition coefficient (Wildman–Crippen LogP) is 1.10. The molecule has 1 unspecified atom stereocenters. The summed E-state index contributed by atoms with van der Waals surface area (Å²) in [7, 11) is 2.23. The maximum absolute atomic E-state index is 5.71. The van der Waals surface area contributed by atoms with E-state index in [0.717, 1.165) is 32.2 Å². The first-order chi connectivity index (χ1) is 7.34. The van der Waals surface area contributed by atoms with E-state index in [1.54, 1.807) is 0 Å². The highest BCUT2D eigenvalue weighted by atomic mass is 16.5. The average molecular weight is 212 g/mol. The average Bonchev–Trinajstić information content (AvgIpc) is 2.71. The zero-order valence-corrected chi connectivity index (χ0v) is 9.87. The van der Waals surface area contributed by atoms with Gasteiger partial charge in [-0.05, 0) is 25.8 Å². The third-order valence-electron chi connectivity index (χ3n) is 3.56. The summed E-state index contributed by atoms with van der Waals surface area (Å²) in [6.45, 7) is 5.27. The molecule has 0 aromatic heterocycles. The summed E-state index contributed by atoms with van der Waals surface area (Å²) in [6, 6.07) is 0. The molecule has 2 rings (SSSR count). The van der Waals surface area contributed by atoms with E-state index >= 15 is 0 Å². The molecule has 0 radical (unpaired) electrons. The molecular weight excluding hydrogens is 188 g/mol. The van der Waals surface area contributed by atoms with Crippen LogP contribution in [0.3, 0.4) is 0 Å². The van der Waals surface area contributed by atoms with Crippen molar-refractivity contribution in [3.05, 3.63) is 0 Å². The van der Waals surface area contributed by atoms with Crippen LogP contribution in [0.15, 0.2) is 0 Å². The zero-order valence-electron chi connectivity index (χ0n) is 9.87. The van der Waals surface area contributed by atoms with Crippen molar-refractivity contribution in [1.82, 2.24) is 10.2 Å². The van der Waals surface area contributed by atoms with Crippen molar-refractivity contribution in [2.45, 2.75) is 31.8 Å². The van der Waals surface area contributed by atoms with E-state index in [1.165, 1.54) is 32.2 Å². The summed E-state index contributed by atoms with van der Waals surface area (Å²) >= 11 is 0. The largest absolute Gasteiger partial charge is 0.374 e. The van der Waals surface area contributed by atoms with Crippen LogP contribution in [0.2, 0.25) is 0 Å². The lowest BCUT2D eigenvalue weighted by Gasteiger charge is -2.29. The highest BCUT2D eigenvalue weighted by molar-refractivity contribution is 4.74. The lowest BCUT2D eigenvalue weighted by atomic mass is 10.1. The Hall–Kier alpha value is -0.120. The minimum Gasteiger partial charge on any atom is -0.374 e. The summed E-state index contributed by atoms with van der Waals surface area (Å²) < 4.78 is 5.71. The van der Waals surface area contributed by atoms with Gasteiger partial charge >= 0.3 is 0 Å². The van der Waals surface area contributed by atoms with E-state index in [2.05, 4.69) is 17.3 Å². The van der Waals surface area contributed by atoms with Crippen molar-refractivity contribution >= 4 is 0 Å². The van der Waals surface area contributed by atoms with E-state index in [0.29, 0.717) is 6.10 Å². The van der Waals surface area contributed by atoms with Crippen molar-refractivity contribution in [2.75, 3.05) is 39.8 Å². The molecule has 2 aliphatic rings. The second-order valence-electron chi connectivity index (χ2n) is 5.07. The molecule has 0 spiro atoms. The van der Waals surface area contributed by atoms with Gasteiger partial charge < -0.3 is 15.0 Å². The van der Waals surface area contributed by atoms with Crippen molar-refractivity contribution in [2.24, 2.45) is 5.92 Å². The van der Waals surface area contributed by atoms with Crippen molar-refractivity contribution in [3.63, 3.8) is 0 Å². The first kappa shape index (κ1) is 11.4. The van der Waals surface area contributed by atoms with E-state index in [-0.39, 0.29) is 0 Å². The normalized spacial score (nSPS) is 28.8. The van der Waals surface area contributed by atoms with Crippen LogP contribution in [-0.2, 0) is 4.74 Å². The lowest BCUT2D eigenvalue weighted by molar-refractivity contribution is 0.00798. The summed E-state index contributed by atoms with van der Waals surface area (Å²) in [4.78, 5) is 2.45. The molecule has 15 heavy (non-hydrogen) atoms. The molecule has 2 fully saturated rings. The fraction of sp³-hybridized carbons (Fsp3) is 1.00. The maximum atomic E-state index is 5.71. The van der Waals surface area contributed by atoms with Gasteiger partial charge in [0.25, 0.3) is 0 Å². The van der Waals surface area contributed by atoms with E-state index in [1.807, 2.05) is 0 Å². The van der Waals surface area contributed by atoms with Gasteiger partial charge in [0, 0.05) is 26.2 Å². The third kappa shape index (κ3) is 3.74. The number of likely N-dealkylation sites (N-methyl/N-ethyl adjacent to an activating group) is 1. The van der Waals surface area contributed by atoms with Crippen LogP contribution >= 0.6 is 0 Å². The molecule has 3 nitrogen and oxygen atoms in total. The Morgan fingerprint density at radius 1 is 1.27 bits per heavy atom. The summed E-state index contributed by atoms with van der Waals surface area (Å²) in [5.41, 5.74) is 0. The summed E-state index contributed by atoms with van der Waals surface area (Å²) in [5.74, 6) is 0.951. The van der Waals surface area contributed by atoms with Crippen LogP contribution in [-0.4, -0.2) is 50.8 Å². The third-order valence-corrected chi connectivity index (χ3v) is 3.56. The molecule has 0 aromatic carbocycles. The number of morpholine rings is 1. The molecule has 1 aliphatic heterocycles. The van der Waals surface area contributed by atoms with Crippen molar-refractivity contribution in [1.29, 1.82) is 0 Å². The van der Waals surface area contributed by atoms with Gasteiger partial charge in [0.15, 0.2) is 0 Å². The summed E-state index contributed by atoms with van der Waals surface area (Å²) in [5, 5.41) is 3.38. The van der Waals surface area contributed by atoms with Crippen LogP contribution in [0.5, 0.6) is 0 Å². The van der Waals surface area contributed by atoms with Gasteiger partial charge in [-0.15, -0.1) is 0 Å². The number of hydrogen-bond acceptors (Lipinski definition) is 3. The standard InChI is InChI=1S/C12H24N2O/c1-14(9-11-4-2-3-5-11)10-12-8-13-6-7-15-12/h11-13H,2-10H2,1H3. The van der Waals surface area contributed by atoms with Crippen LogP contribution in [0, 0.1) is 5.92 Å². The Morgan fingerprint density at radius 2 is 2.07 bits per heavy atom. The first-order valence-electron chi connectivity index (χ1n) is 6.35. The second kappa shape index (κ2) is 5.83. The molecule has 0 amide bonds. The molecule has 1 aliphatic carbocycles. The lowest BCUT2D eigenvalue weighted by Crippen LogP contribution is -2.45. The number of nitrogens with one attached hydrogen (secondary N) is 1. The highest BCUT2D eigenvalue weighted by Gasteiger charge is 2.20. The number of ether oxygens (including phenoxy) is 1. The topological polar surface area (TPSA) is 24.5 Å². The first-order valence-corrected chi connectivity index (χ1v) is 6.35. The monoisotopic (exact) mass is 212 g/mol. The Labute approximate surface area is 93.2 Å². The van der Waals surface area contributed by atoms with Gasteiger partial charge in [0.05, 0.1) is 12.7 Å². The fourth-order valence-electron chi connectivity index (χ4n) is 2.79. The number of rotatable bonds is 4. The molecule has 1 saturated carbocycles. The van der Waals surface area contributed by atoms with Gasteiger partial charge in [-0.3, -0.25) is 0 Å². The zero-order chi connectivity index (χ0) is 10.5. The summed E-state index contributed by atoms with van der Waals surface area (Å²) in [6.07, 6.45) is 6.17. The molecule has 88 valence electrons. The van der Waals surface area contributed by atoms with Crippen molar-refractivity contribution < 1.29 is 4.74 Å². The molecule has 3 heteroatoms. The maximum Gasteiger partial charge on any atom is 0.0826 e. The minimum absolute atomic E-state index is 0.408. The molecule has 1 saturated heterocycles. The Kier molecular flexibility index (Phi) is 4.42. The molecule has 1 atom stereocenters. The van der Waals surface area contributed by atoms with Gasteiger partial charge in [-0.2, -0.15) is 0 Å². The molecule has 0 bridgehead atoms. The van der Waals surface area contributed by atoms with Gasteiger partial charge in [0.1, 0.15) is 0 Å². The van der Waals surface area contributed by atoms with Crippen LogP contribution in [0.25, 0.3) is 0 Å². The Balaban J connectivity index is 1.64. The van der Waals surface area contributed by atoms with E-state index < -0.39 is 0 Å². The van der Waals surface area contributed by atoms with Crippen LogP contribution in [0.4, 0.5) is 0 Å². The van der Waals surface area contributed by atoms with Crippen LogP contribution < -0.4 is 5.32 Å². The van der Waals surface area contributed by atoms with Crippen LogP contribution in [0.1, 0.15) is 25.7 Å². The van der Waals surface area contributed by atoms with Gasteiger partial charge in [-0.25, -0.2) is 0 Å². The molecule has 0 aromatic rings. The molecule has 1 N–H and O–H groups in total. The van der Waals surface area contributed by atoms with Crippen molar-refractivity contribution in [3.8, 4) is 0 Å². The molecule has 1 heterocycles. The fourth-order valence-corrected chi connectivity index (χ4v) is 2.79. The number of hydrogen-bond donors (Lipinski definition) is 1. The SMILES string of the molecule is CN(CC1CCCC1)CC1CNCCO1.